The van der Waals surface area contributed by atoms with Gasteiger partial charge in [-0.2, -0.15) is 5.26 Å². The number of rotatable bonds is 3. The van der Waals surface area contributed by atoms with Gasteiger partial charge in [0.1, 0.15) is 23.2 Å². The minimum atomic E-state index is -0.617. The number of fused-ring (bicyclic) bond motifs is 1. The maximum atomic E-state index is 13.2. The lowest BCUT2D eigenvalue weighted by molar-refractivity contribution is 0.580. The van der Waals surface area contributed by atoms with E-state index in [2.05, 4.69) is 16.4 Å². The summed E-state index contributed by atoms with van der Waals surface area (Å²) >= 11 is 0. The highest BCUT2D eigenvalue weighted by atomic mass is 19.1. The number of benzene rings is 2. The highest BCUT2D eigenvalue weighted by Crippen LogP contribution is 2.21. The van der Waals surface area contributed by atoms with Gasteiger partial charge in [0.15, 0.2) is 0 Å². The summed E-state index contributed by atoms with van der Waals surface area (Å²) in [6.07, 6.45) is 0. The Kier molecular flexibility index (Phi) is 3.47. The first kappa shape index (κ1) is 14.0. The summed E-state index contributed by atoms with van der Waals surface area (Å²) < 4.78 is 28.1. The van der Waals surface area contributed by atoms with Crippen LogP contribution in [0.1, 0.15) is 11.1 Å². The molecule has 1 N–H and O–H groups in total. The molecule has 3 aromatic rings. The van der Waals surface area contributed by atoms with E-state index in [0.717, 1.165) is 11.6 Å². The third-order valence-corrected chi connectivity index (χ3v) is 3.40. The zero-order valence-corrected chi connectivity index (χ0v) is 11.8. The van der Waals surface area contributed by atoms with Gasteiger partial charge < -0.3 is 9.88 Å². The van der Waals surface area contributed by atoms with E-state index < -0.39 is 11.6 Å². The van der Waals surface area contributed by atoms with E-state index in [1.807, 2.05) is 13.1 Å². The van der Waals surface area contributed by atoms with E-state index >= 15 is 0 Å². The number of halogens is 2. The first-order valence-corrected chi connectivity index (χ1v) is 6.63. The van der Waals surface area contributed by atoms with E-state index in [0.29, 0.717) is 22.6 Å². The average Bonchev–Trinajstić information content (AvgIpc) is 2.81. The van der Waals surface area contributed by atoms with Crippen molar-refractivity contribution in [2.24, 2.45) is 7.05 Å². The molecule has 0 unspecified atom stereocenters. The van der Waals surface area contributed by atoms with Crippen LogP contribution in [0.4, 0.5) is 14.7 Å². The van der Waals surface area contributed by atoms with Gasteiger partial charge in [-0.15, -0.1) is 0 Å². The van der Waals surface area contributed by atoms with Crippen molar-refractivity contribution in [2.45, 2.75) is 6.54 Å². The summed E-state index contributed by atoms with van der Waals surface area (Å²) in [7, 11) is 1.81. The largest absolute Gasteiger partial charge is 0.352 e. The fourth-order valence-corrected chi connectivity index (χ4v) is 2.36. The normalized spacial score (nSPS) is 10.6. The molecule has 0 aliphatic rings. The van der Waals surface area contributed by atoms with Crippen LogP contribution in [0.5, 0.6) is 0 Å². The minimum absolute atomic E-state index is 0.230. The van der Waals surface area contributed by atoms with E-state index in [1.54, 1.807) is 16.7 Å². The Morgan fingerprint density at radius 1 is 1.23 bits per heavy atom. The maximum absolute atomic E-state index is 13.2. The van der Waals surface area contributed by atoms with E-state index in [4.69, 9.17) is 5.26 Å². The van der Waals surface area contributed by atoms with E-state index in [9.17, 15) is 8.78 Å². The number of imidazole rings is 1. The first-order valence-electron chi connectivity index (χ1n) is 6.63. The van der Waals surface area contributed by atoms with Gasteiger partial charge in [-0.25, -0.2) is 13.8 Å². The molecule has 1 heterocycles. The molecule has 6 heteroatoms. The van der Waals surface area contributed by atoms with Crippen molar-refractivity contribution in [2.75, 3.05) is 5.32 Å². The second-order valence-corrected chi connectivity index (χ2v) is 4.91. The zero-order chi connectivity index (χ0) is 15.7. The van der Waals surface area contributed by atoms with Gasteiger partial charge in [0.2, 0.25) is 5.95 Å². The Morgan fingerprint density at radius 2 is 1.95 bits per heavy atom. The lowest BCUT2D eigenvalue weighted by Gasteiger charge is -2.06. The molecule has 0 saturated carbocycles. The van der Waals surface area contributed by atoms with Crippen molar-refractivity contribution in [3.05, 3.63) is 59.2 Å². The number of nitrogens with zero attached hydrogens (tertiary/aromatic N) is 3. The van der Waals surface area contributed by atoms with Crippen LogP contribution >= 0.6 is 0 Å². The molecule has 0 aliphatic heterocycles. The topological polar surface area (TPSA) is 53.6 Å². The van der Waals surface area contributed by atoms with Crippen molar-refractivity contribution in [1.82, 2.24) is 9.55 Å². The minimum Gasteiger partial charge on any atom is -0.352 e. The molecule has 110 valence electrons. The Bertz CT molecular complexity index is 873. The van der Waals surface area contributed by atoms with Crippen LogP contribution in [-0.4, -0.2) is 9.55 Å². The van der Waals surface area contributed by atoms with Crippen molar-refractivity contribution in [3.63, 3.8) is 0 Å². The molecule has 0 bridgehead atoms. The quantitative estimate of drug-likeness (QED) is 0.807. The highest BCUT2D eigenvalue weighted by molar-refractivity contribution is 5.84. The van der Waals surface area contributed by atoms with E-state index in [-0.39, 0.29) is 6.54 Å². The number of aromatic nitrogens is 2. The summed E-state index contributed by atoms with van der Waals surface area (Å²) in [6, 6.07) is 10.8. The fourth-order valence-electron chi connectivity index (χ4n) is 2.36. The molecule has 22 heavy (non-hydrogen) atoms. The standard InChI is InChI=1S/C16H12F2N4/c1-22-14-4-2-3-11(8-19)15(14)21-16(22)20-9-10-5-12(17)7-13(18)6-10/h2-7H,9H2,1H3,(H,20,21). The lowest BCUT2D eigenvalue weighted by Crippen LogP contribution is -2.05. The van der Waals surface area contributed by atoms with Gasteiger partial charge in [-0.3, -0.25) is 0 Å². The molecule has 4 nitrogen and oxygen atoms in total. The molecule has 1 aromatic heterocycles. The Hall–Kier alpha value is -2.94. The number of hydrogen-bond acceptors (Lipinski definition) is 3. The monoisotopic (exact) mass is 298 g/mol. The number of anilines is 1. The predicted molar refractivity (Wildman–Crippen MR) is 79.1 cm³/mol. The molecule has 0 spiro atoms. The molecule has 0 atom stereocenters. The SMILES string of the molecule is Cn1c(NCc2cc(F)cc(F)c2)nc2c(C#N)cccc21. The van der Waals surface area contributed by atoms with Crippen LogP contribution in [0.25, 0.3) is 11.0 Å². The fraction of sp³-hybridized carbons (Fsp3) is 0.125. The molecule has 3 rings (SSSR count). The zero-order valence-electron chi connectivity index (χ0n) is 11.8. The Balaban J connectivity index is 1.91. The third-order valence-electron chi connectivity index (χ3n) is 3.40. The van der Waals surface area contributed by atoms with Crippen molar-refractivity contribution in [1.29, 1.82) is 5.26 Å². The van der Waals surface area contributed by atoms with Crippen LogP contribution < -0.4 is 5.32 Å². The Morgan fingerprint density at radius 3 is 2.64 bits per heavy atom. The maximum Gasteiger partial charge on any atom is 0.203 e. The number of hydrogen-bond donors (Lipinski definition) is 1. The van der Waals surface area contributed by atoms with Gasteiger partial charge in [0.25, 0.3) is 0 Å². The van der Waals surface area contributed by atoms with Gasteiger partial charge >= 0.3 is 0 Å². The molecular weight excluding hydrogens is 286 g/mol. The summed E-state index contributed by atoms with van der Waals surface area (Å²) in [6.45, 7) is 0.230. The van der Waals surface area contributed by atoms with Crippen LogP contribution in [0.15, 0.2) is 36.4 Å². The molecule has 0 amide bonds. The van der Waals surface area contributed by atoms with Crippen molar-refractivity contribution < 1.29 is 8.78 Å². The average molecular weight is 298 g/mol. The number of aryl methyl sites for hydroxylation is 1. The van der Waals surface area contributed by atoms with Crippen LogP contribution in [-0.2, 0) is 13.6 Å². The summed E-state index contributed by atoms with van der Waals surface area (Å²) in [5, 5.41) is 12.1. The first-order chi connectivity index (χ1) is 10.6. The highest BCUT2D eigenvalue weighted by Gasteiger charge is 2.11. The van der Waals surface area contributed by atoms with E-state index in [1.165, 1.54) is 12.1 Å². The van der Waals surface area contributed by atoms with Crippen LogP contribution in [0.3, 0.4) is 0 Å². The van der Waals surface area contributed by atoms with Gasteiger partial charge in [-0.05, 0) is 29.8 Å². The molecule has 0 radical (unpaired) electrons. The van der Waals surface area contributed by atoms with Gasteiger partial charge in [0, 0.05) is 19.7 Å². The number of nitriles is 1. The summed E-state index contributed by atoms with van der Waals surface area (Å²) in [4.78, 5) is 4.38. The van der Waals surface area contributed by atoms with Gasteiger partial charge in [-0.1, -0.05) is 6.07 Å². The second kappa shape index (κ2) is 5.45. The van der Waals surface area contributed by atoms with Gasteiger partial charge in [0.05, 0.1) is 11.1 Å². The van der Waals surface area contributed by atoms with Crippen LogP contribution in [0.2, 0.25) is 0 Å². The molecule has 2 aromatic carbocycles. The smallest absolute Gasteiger partial charge is 0.203 e. The lowest BCUT2D eigenvalue weighted by atomic mass is 10.2. The third kappa shape index (κ3) is 2.49. The number of para-hydroxylation sites is 1. The van der Waals surface area contributed by atoms with Crippen LogP contribution in [0, 0.1) is 23.0 Å². The molecule has 0 fully saturated rings. The predicted octanol–water partition coefficient (Wildman–Crippen LogP) is 3.34. The molecule has 0 saturated heterocycles. The Labute approximate surface area is 125 Å². The number of nitrogens with one attached hydrogen (secondary N) is 1. The molecule has 0 aliphatic carbocycles. The van der Waals surface area contributed by atoms with Crippen molar-refractivity contribution >= 4 is 17.0 Å². The summed E-state index contributed by atoms with van der Waals surface area (Å²) in [5.41, 5.74) is 2.37. The van der Waals surface area contributed by atoms with Crippen molar-refractivity contribution in [3.8, 4) is 6.07 Å². The second-order valence-electron chi connectivity index (χ2n) is 4.91. The summed E-state index contributed by atoms with van der Waals surface area (Å²) in [5.74, 6) is -0.704. The molecular formula is C16H12F2N4.